The first-order valence-corrected chi connectivity index (χ1v) is 9.19. The second kappa shape index (κ2) is 7.52. The highest BCUT2D eigenvalue weighted by atomic mass is 19.4. The van der Waals surface area contributed by atoms with Crippen LogP contribution in [0.1, 0.15) is 24.1 Å². The van der Waals surface area contributed by atoms with Crippen LogP contribution in [0.4, 0.5) is 13.2 Å². The number of fused-ring (bicyclic) bond motifs is 1. The number of ether oxygens (including phenoxy) is 1. The van der Waals surface area contributed by atoms with E-state index in [0.29, 0.717) is 17.4 Å². The molecule has 0 bridgehead atoms. The number of pyridine rings is 2. The summed E-state index contributed by atoms with van der Waals surface area (Å²) < 4.78 is 45.3. The summed E-state index contributed by atoms with van der Waals surface area (Å²) in [4.78, 5) is 10.5. The number of aromatic nitrogens is 3. The topological polar surface area (TPSA) is 43.2 Å². The fourth-order valence-electron chi connectivity index (χ4n) is 3.62. The first-order valence-electron chi connectivity index (χ1n) is 9.19. The normalized spacial score (nSPS) is 16.7. The lowest BCUT2D eigenvalue weighted by atomic mass is 10.1. The molecule has 1 aliphatic heterocycles. The molecule has 0 radical (unpaired) electrons. The van der Waals surface area contributed by atoms with Crippen molar-refractivity contribution in [2.75, 3.05) is 20.2 Å². The minimum Gasteiger partial charge on any atom is -0.381 e. The van der Waals surface area contributed by atoms with Crippen molar-refractivity contribution in [1.29, 1.82) is 0 Å². The van der Waals surface area contributed by atoms with E-state index in [1.54, 1.807) is 17.9 Å². The van der Waals surface area contributed by atoms with E-state index < -0.39 is 11.9 Å². The maximum absolute atomic E-state index is 12.7. The van der Waals surface area contributed by atoms with E-state index in [9.17, 15) is 13.2 Å². The monoisotopic (exact) mass is 390 g/mol. The summed E-state index contributed by atoms with van der Waals surface area (Å²) in [5, 5.41) is 0.948. The molecule has 4 heterocycles. The van der Waals surface area contributed by atoms with Crippen LogP contribution < -0.4 is 0 Å². The Morgan fingerprint density at radius 3 is 2.54 bits per heavy atom. The predicted octanol–water partition coefficient (Wildman–Crippen LogP) is 4.05. The van der Waals surface area contributed by atoms with Crippen LogP contribution in [-0.4, -0.2) is 45.7 Å². The van der Waals surface area contributed by atoms with Gasteiger partial charge in [-0.05, 0) is 42.7 Å². The molecule has 1 aliphatic rings. The van der Waals surface area contributed by atoms with Crippen molar-refractivity contribution in [3.63, 3.8) is 0 Å². The van der Waals surface area contributed by atoms with Crippen LogP contribution in [0.2, 0.25) is 0 Å². The molecule has 0 unspecified atom stereocenters. The van der Waals surface area contributed by atoms with Crippen LogP contribution in [0.5, 0.6) is 0 Å². The number of rotatable bonds is 4. The molecular weight excluding hydrogens is 369 g/mol. The fraction of sp³-hybridized carbons (Fsp3) is 0.400. The zero-order valence-corrected chi connectivity index (χ0v) is 15.5. The maximum Gasteiger partial charge on any atom is 0.433 e. The van der Waals surface area contributed by atoms with E-state index in [2.05, 4.69) is 20.9 Å². The van der Waals surface area contributed by atoms with Gasteiger partial charge < -0.3 is 4.74 Å². The van der Waals surface area contributed by atoms with Gasteiger partial charge in [-0.3, -0.25) is 9.47 Å². The molecule has 0 atom stereocenters. The van der Waals surface area contributed by atoms with E-state index in [0.717, 1.165) is 49.5 Å². The zero-order valence-electron chi connectivity index (χ0n) is 15.5. The molecule has 1 saturated heterocycles. The van der Waals surface area contributed by atoms with Crippen molar-refractivity contribution in [2.45, 2.75) is 31.7 Å². The number of nitrogens with zero attached hydrogens (tertiary/aromatic N) is 4. The summed E-state index contributed by atoms with van der Waals surface area (Å²) >= 11 is 0. The largest absolute Gasteiger partial charge is 0.433 e. The molecule has 8 heteroatoms. The average Bonchev–Trinajstić information content (AvgIpc) is 3.11. The Morgan fingerprint density at radius 1 is 1.11 bits per heavy atom. The summed E-state index contributed by atoms with van der Waals surface area (Å²) in [7, 11) is 1.76. The van der Waals surface area contributed by atoms with Crippen molar-refractivity contribution in [3.05, 3.63) is 54.1 Å². The third kappa shape index (κ3) is 3.88. The summed E-state index contributed by atoms with van der Waals surface area (Å²) in [5.41, 5.74) is 1.46. The minimum atomic E-state index is -4.44. The third-order valence-corrected chi connectivity index (χ3v) is 5.17. The Bertz CT molecular complexity index is 944. The molecule has 3 aromatic rings. The Balaban J connectivity index is 1.52. The highest BCUT2D eigenvalue weighted by molar-refractivity contribution is 5.78. The lowest BCUT2D eigenvalue weighted by Crippen LogP contribution is -2.36. The molecule has 1 fully saturated rings. The standard InChI is InChI=1S/C20H21F3N4O/c1-28-17-5-7-26(8-6-17)13-14-10-15-4-9-27(19(15)25-11-14)16-2-3-18(24-12-16)20(21,22)23/h2-4,9-12,17H,5-8,13H2,1H3. The van der Waals surface area contributed by atoms with Gasteiger partial charge in [0.1, 0.15) is 11.3 Å². The third-order valence-electron chi connectivity index (χ3n) is 5.17. The summed E-state index contributed by atoms with van der Waals surface area (Å²) in [6.45, 7) is 2.82. The number of hydrogen-bond acceptors (Lipinski definition) is 4. The second-order valence-electron chi connectivity index (χ2n) is 7.05. The van der Waals surface area contributed by atoms with Crippen LogP contribution in [-0.2, 0) is 17.5 Å². The van der Waals surface area contributed by atoms with Gasteiger partial charge in [-0.15, -0.1) is 0 Å². The number of piperidine rings is 1. The van der Waals surface area contributed by atoms with Gasteiger partial charge in [0, 0.05) is 44.5 Å². The lowest BCUT2D eigenvalue weighted by molar-refractivity contribution is -0.141. The van der Waals surface area contributed by atoms with Gasteiger partial charge in [0.2, 0.25) is 0 Å². The highest BCUT2D eigenvalue weighted by Gasteiger charge is 2.32. The smallest absolute Gasteiger partial charge is 0.381 e. The Morgan fingerprint density at radius 2 is 1.89 bits per heavy atom. The van der Waals surface area contributed by atoms with Crippen LogP contribution in [0.15, 0.2) is 42.9 Å². The van der Waals surface area contributed by atoms with Gasteiger partial charge in [-0.25, -0.2) is 9.97 Å². The first-order chi connectivity index (χ1) is 13.4. The van der Waals surface area contributed by atoms with Gasteiger partial charge in [0.15, 0.2) is 0 Å². The van der Waals surface area contributed by atoms with Crippen LogP contribution in [0.25, 0.3) is 16.7 Å². The molecule has 28 heavy (non-hydrogen) atoms. The lowest BCUT2D eigenvalue weighted by Gasteiger charge is -2.31. The molecule has 3 aromatic heterocycles. The van der Waals surface area contributed by atoms with E-state index >= 15 is 0 Å². The average molecular weight is 390 g/mol. The first kappa shape index (κ1) is 18.9. The van der Waals surface area contributed by atoms with Crippen molar-refractivity contribution in [3.8, 4) is 5.69 Å². The molecule has 148 valence electrons. The van der Waals surface area contributed by atoms with E-state index in [1.807, 2.05) is 12.3 Å². The van der Waals surface area contributed by atoms with Gasteiger partial charge in [-0.2, -0.15) is 13.2 Å². The molecule has 4 rings (SSSR count). The van der Waals surface area contributed by atoms with Gasteiger partial charge >= 0.3 is 6.18 Å². The molecule has 0 amide bonds. The van der Waals surface area contributed by atoms with E-state index in [-0.39, 0.29) is 0 Å². The molecule has 5 nitrogen and oxygen atoms in total. The maximum atomic E-state index is 12.7. The van der Waals surface area contributed by atoms with Gasteiger partial charge in [0.05, 0.1) is 18.0 Å². The highest BCUT2D eigenvalue weighted by Crippen LogP contribution is 2.28. The van der Waals surface area contributed by atoms with Crippen LogP contribution in [0, 0.1) is 0 Å². The molecule has 0 N–H and O–H groups in total. The van der Waals surface area contributed by atoms with Gasteiger partial charge in [-0.1, -0.05) is 0 Å². The number of likely N-dealkylation sites (tertiary alicyclic amines) is 1. The molecule has 0 aliphatic carbocycles. The minimum absolute atomic E-state index is 0.350. The zero-order chi connectivity index (χ0) is 19.7. The number of methoxy groups -OCH3 is 1. The number of hydrogen-bond donors (Lipinski definition) is 0. The van der Waals surface area contributed by atoms with Crippen molar-refractivity contribution < 1.29 is 17.9 Å². The Hall–Kier alpha value is -2.45. The number of halogens is 3. The molecule has 0 saturated carbocycles. The second-order valence-corrected chi connectivity index (χ2v) is 7.05. The Labute approximate surface area is 160 Å². The molecular formula is C20H21F3N4O. The summed E-state index contributed by atoms with van der Waals surface area (Å²) in [6.07, 6.45) is 2.82. The predicted molar refractivity (Wildman–Crippen MR) is 99.2 cm³/mol. The summed E-state index contributed by atoms with van der Waals surface area (Å²) in [6, 6.07) is 6.39. The SMILES string of the molecule is COC1CCN(Cc2cnc3c(ccn3-c3ccc(C(F)(F)F)nc3)c2)CC1. The van der Waals surface area contributed by atoms with Crippen LogP contribution in [0.3, 0.4) is 0 Å². The van der Waals surface area contributed by atoms with Crippen molar-refractivity contribution in [1.82, 2.24) is 19.4 Å². The number of alkyl halides is 3. The molecule has 0 aromatic carbocycles. The summed E-state index contributed by atoms with van der Waals surface area (Å²) in [5.74, 6) is 0. The Kier molecular flexibility index (Phi) is 5.07. The van der Waals surface area contributed by atoms with Crippen molar-refractivity contribution in [2.24, 2.45) is 0 Å². The van der Waals surface area contributed by atoms with Crippen LogP contribution >= 0.6 is 0 Å². The van der Waals surface area contributed by atoms with E-state index in [1.165, 1.54) is 12.3 Å². The molecule has 0 spiro atoms. The van der Waals surface area contributed by atoms with E-state index in [4.69, 9.17) is 4.74 Å². The quantitative estimate of drug-likeness (QED) is 0.674. The van der Waals surface area contributed by atoms with Gasteiger partial charge in [0.25, 0.3) is 0 Å². The van der Waals surface area contributed by atoms with Crippen molar-refractivity contribution >= 4 is 11.0 Å². The fourth-order valence-corrected chi connectivity index (χ4v) is 3.62.